The molecular formula is C21H18N2O4S. The average molecular weight is 394 g/mol. The molecular weight excluding hydrogens is 376 g/mol. The van der Waals surface area contributed by atoms with E-state index in [1.165, 1.54) is 4.31 Å². The first-order valence-corrected chi connectivity index (χ1v) is 10.4. The predicted molar refractivity (Wildman–Crippen MR) is 105 cm³/mol. The molecule has 0 radical (unpaired) electrons. The zero-order valence-corrected chi connectivity index (χ0v) is 15.7. The molecule has 0 aromatic heterocycles. The molecule has 1 atom stereocenters. The normalized spacial score (nSPS) is 19.6. The molecule has 2 aliphatic heterocycles. The van der Waals surface area contributed by atoms with Crippen molar-refractivity contribution in [1.82, 2.24) is 4.31 Å². The Bertz CT molecular complexity index is 1130. The van der Waals surface area contributed by atoms with Crippen LogP contribution in [0.25, 0.3) is 0 Å². The lowest BCUT2D eigenvalue weighted by Crippen LogP contribution is -2.42. The van der Waals surface area contributed by atoms with Crippen molar-refractivity contribution >= 4 is 15.7 Å². The second-order valence-electron chi connectivity index (χ2n) is 6.69. The van der Waals surface area contributed by atoms with Crippen LogP contribution in [-0.4, -0.2) is 19.5 Å². The van der Waals surface area contributed by atoms with Gasteiger partial charge in [0.05, 0.1) is 5.69 Å². The monoisotopic (exact) mass is 394 g/mol. The molecule has 142 valence electrons. The van der Waals surface area contributed by atoms with E-state index in [2.05, 4.69) is 5.32 Å². The Hall–Kier alpha value is -3.03. The van der Waals surface area contributed by atoms with Gasteiger partial charge >= 0.3 is 0 Å². The molecule has 0 saturated carbocycles. The van der Waals surface area contributed by atoms with Gasteiger partial charge in [-0.1, -0.05) is 48.5 Å². The lowest BCUT2D eigenvalue weighted by Gasteiger charge is -2.37. The molecule has 0 spiro atoms. The van der Waals surface area contributed by atoms with Crippen LogP contribution in [0.5, 0.6) is 11.5 Å². The van der Waals surface area contributed by atoms with Gasteiger partial charge in [-0.05, 0) is 35.4 Å². The Balaban J connectivity index is 1.62. The third-order valence-corrected chi connectivity index (χ3v) is 6.82. The molecule has 0 fully saturated rings. The fraction of sp³-hybridized carbons (Fsp3) is 0.143. The number of rotatable bonds is 3. The topological polar surface area (TPSA) is 67.9 Å². The third-order valence-electron chi connectivity index (χ3n) is 4.95. The van der Waals surface area contributed by atoms with E-state index in [9.17, 15) is 8.42 Å². The summed E-state index contributed by atoms with van der Waals surface area (Å²) < 4.78 is 39.3. The first-order chi connectivity index (χ1) is 13.6. The summed E-state index contributed by atoms with van der Waals surface area (Å²) in [7, 11) is -3.69. The van der Waals surface area contributed by atoms with E-state index in [1.807, 2.05) is 54.6 Å². The van der Waals surface area contributed by atoms with Gasteiger partial charge in [-0.15, -0.1) is 0 Å². The first kappa shape index (κ1) is 17.1. The van der Waals surface area contributed by atoms with Gasteiger partial charge in [0.25, 0.3) is 0 Å². The van der Waals surface area contributed by atoms with Crippen molar-refractivity contribution in [2.75, 3.05) is 12.1 Å². The van der Waals surface area contributed by atoms with E-state index in [0.717, 1.165) is 11.1 Å². The van der Waals surface area contributed by atoms with Crippen molar-refractivity contribution in [2.24, 2.45) is 0 Å². The Kier molecular flexibility index (Phi) is 3.99. The van der Waals surface area contributed by atoms with Gasteiger partial charge in [0.2, 0.25) is 16.8 Å². The van der Waals surface area contributed by atoms with E-state index in [1.54, 1.807) is 18.2 Å². The zero-order chi connectivity index (χ0) is 19.1. The molecule has 1 unspecified atom stereocenters. The standard InChI is InChI=1S/C21H18N2O4S/c24-28(25)20-9-5-4-8-17(20)22-21(23(28)13-15-6-2-1-3-7-15)16-10-11-18-19(12-16)27-14-26-18/h1-12,21-22H,13-14H2. The summed E-state index contributed by atoms with van der Waals surface area (Å²) in [5.74, 6) is 1.28. The van der Waals surface area contributed by atoms with Crippen LogP contribution >= 0.6 is 0 Å². The van der Waals surface area contributed by atoms with Crippen LogP contribution in [0.1, 0.15) is 17.3 Å². The molecule has 7 heteroatoms. The number of nitrogens with zero attached hydrogens (tertiary/aromatic N) is 1. The highest BCUT2D eigenvalue weighted by Gasteiger charge is 2.39. The summed E-state index contributed by atoms with van der Waals surface area (Å²) in [6, 6.07) is 22.1. The smallest absolute Gasteiger partial charge is 0.247 e. The molecule has 0 bridgehead atoms. The largest absolute Gasteiger partial charge is 0.454 e. The number of nitrogens with one attached hydrogen (secondary N) is 1. The number of sulfonamides is 1. The molecule has 1 N–H and O–H groups in total. The lowest BCUT2D eigenvalue weighted by atomic mass is 10.1. The van der Waals surface area contributed by atoms with Crippen LogP contribution in [-0.2, 0) is 16.6 Å². The fourth-order valence-corrected chi connectivity index (χ4v) is 5.25. The van der Waals surface area contributed by atoms with Crippen LogP contribution in [0.15, 0.2) is 77.7 Å². The number of benzene rings is 3. The van der Waals surface area contributed by atoms with E-state index >= 15 is 0 Å². The predicted octanol–water partition coefficient (Wildman–Crippen LogP) is 3.73. The minimum absolute atomic E-state index is 0.172. The summed E-state index contributed by atoms with van der Waals surface area (Å²) in [6.45, 7) is 0.426. The van der Waals surface area contributed by atoms with Crippen molar-refractivity contribution in [1.29, 1.82) is 0 Å². The van der Waals surface area contributed by atoms with Crippen LogP contribution in [0.2, 0.25) is 0 Å². The second kappa shape index (κ2) is 6.54. The maximum absolute atomic E-state index is 13.5. The van der Waals surface area contributed by atoms with Gasteiger partial charge in [0, 0.05) is 6.54 Å². The van der Waals surface area contributed by atoms with E-state index < -0.39 is 16.2 Å². The fourth-order valence-electron chi connectivity index (χ4n) is 3.57. The van der Waals surface area contributed by atoms with Gasteiger partial charge in [0.1, 0.15) is 11.1 Å². The SMILES string of the molecule is O=S1(=O)c2ccccc2NC(c2ccc3c(c2)OCO3)N1Cc1ccccc1. The molecule has 0 amide bonds. The number of hydrogen-bond acceptors (Lipinski definition) is 5. The molecule has 5 rings (SSSR count). The van der Waals surface area contributed by atoms with Crippen molar-refractivity contribution < 1.29 is 17.9 Å². The minimum Gasteiger partial charge on any atom is -0.454 e. The van der Waals surface area contributed by atoms with E-state index in [0.29, 0.717) is 17.2 Å². The van der Waals surface area contributed by atoms with Gasteiger partial charge in [0.15, 0.2) is 11.5 Å². The summed E-state index contributed by atoms with van der Waals surface area (Å²) in [5, 5.41) is 3.38. The number of ether oxygens (including phenoxy) is 2. The van der Waals surface area contributed by atoms with Crippen LogP contribution in [0.3, 0.4) is 0 Å². The number of hydrogen-bond donors (Lipinski definition) is 1. The summed E-state index contributed by atoms with van der Waals surface area (Å²) in [4.78, 5) is 0.280. The third kappa shape index (κ3) is 2.80. The molecule has 3 aromatic carbocycles. The Morgan fingerprint density at radius 2 is 1.68 bits per heavy atom. The summed E-state index contributed by atoms with van der Waals surface area (Å²) in [5.41, 5.74) is 2.30. The van der Waals surface area contributed by atoms with Gasteiger partial charge in [-0.2, -0.15) is 4.31 Å². The van der Waals surface area contributed by atoms with Crippen molar-refractivity contribution in [3.05, 3.63) is 83.9 Å². The number of para-hydroxylation sites is 1. The average Bonchev–Trinajstić information content (AvgIpc) is 3.19. The first-order valence-electron chi connectivity index (χ1n) is 8.94. The van der Waals surface area contributed by atoms with Crippen LogP contribution in [0, 0.1) is 0 Å². The van der Waals surface area contributed by atoms with Crippen molar-refractivity contribution in [2.45, 2.75) is 17.6 Å². The van der Waals surface area contributed by atoms with Crippen molar-refractivity contribution in [3.8, 4) is 11.5 Å². The highest BCUT2D eigenvalue weighted by atomic mass is 32.2. The molecule has 3 aromatic rings. The second-order valence-corrected chi connectivity index (χ2v) is 8.55. The maximum atomic E-state index is 13.5. The lowest BCUT2D eigenvalue weighted by molar-refractivity contribution is 0.174. The van der Waals surface area contributed by atoms with Crippen LogP contribution in [0.4, 0.5) is 5.69 Å². The van der Waals surface area contributed by atoms with Crippen LogP contribution < -0.4 is 14.8 Å². The molecule has 2 aliphatic rings. The highest BCUT2D eigenvalue weighted by Crippen LogP contribution is 2.41. The maximum Gasteiger partial charge on any atom is 0.247 e. The summed E-state index contributed by atoms with van der Waals surface area (Å²) in [6.07, 6.45) is -0.561. The zero-order valence-electron chi connectivity index (χ0n) is 14.9. The Morgan fingerprint density at radius 3 is 2.54 bits per heavy atom. The van der Waals surface area contributed by atoms with Gasteiger partial charge in [-0.3, -0.25) is 0 Å². The van der Waals surface area contributed by atoms with Gasteiger partial charge in [-0.25, -0.2) is 8.42 Å². The highest BCUT2D eigenvalue weighted by molar-refractivity contribution is 7.89. The number of fused-ring (bicyclic) bond motifs is 2. The van der Waals surface area contributed by atoms with Gasteiger partial charge < -0.3 is 14.8 Å². The van der Waals surface area contributed by atoms with E-state index in [-0.39, 0.29) is 18.2 Å². The molecule has 6 nitrogen and oxygen atoms in total. The Labute approximate surface area is 163 Å². The molecule has 28 heavy (non-hydrogen) atoms. The van der Waals surface area contributed by atoms with Crippen molar-refractivity contribution in [3.63, 3.8) is 0 Å². The molecule has 2 heterocycles. The Morgan fingerprint density at radius 1 is 0.929 bits per heavy atom. The quantitative estimate of drug-likeness (QED) is 0.733. The number of anilines is 1. The molecule has 0 aliphatic carbocycles. The molecule has 0 saturated heterocycles. The summed E-state index contributed by atoms with van der Waals surface area (Å²) >= 11 is 0. The van der Waals surface area contributed by atoms with E-state index in [4.69, 9.17) is 9.47 Å². The minimum atomic E-state index is -3.69.